The number of aldehydes is 1. The number of unbranched alkanes of at least 4 members (excludes halogenated alkanes) is 1. The number of hydrogen-bond donors (Lipinski definition) is 1. The van der Waals surface area contributed by atoms with Crippen LogP contribution in [0.3, 0.4) is 0 Å². The smallest absolute Gasteiger partial charge is 0.224 e. The van der Waals surface area contributed by atoms with Gasteiger partial charge >= 0.3 is 0 Å². The number of rotatable bonds is 9. The molecule has 1 saturated heterocycles. The Morgan fingerprint density at radius 1 is 1.26 bits per heavy atom. The molecule has 1 aliphatic rings. The Balaban J connectivity index is 1.69. The first kappa shape index (κ1) is 17.6. The number of benzene rings is 1. The molecular formula is C18H26N2O3. The van der Waals surface area contributed by atoms with Crippen LogP contribution in [0.2, 0.25) is 0 Å². The highest BCUT2D eigenvalue weighted by Crippen LogP contribution is 2.14. The van der Waals surface area contributed by atoms with E-state index in [0.29, 0.717) is 0 Å². The van der Waals surface area contributed by atoms with Gasteiger partial charge in [-0.2, -0.15) is 0 Å². The standard InChI is InChI=1S/C18H26N2O3/c21-12-4-8-18(22)19-17-7-3-6-16(15-17)5-1-2-9-20-10-13-23-14-11-20/h3,6-7,12,15H,1-2,4-5,8-11,13-14H2,(H,19,22). The topological polar surface area (TPSA) is 58.6 Å². The second-order valence-corrected chi connectivity index (χ2v) is 5.87. The van der Waals surface area contributed by atoms with Crippen molar-refractivity contribution in [3.63, 3.8) is 0 Å². The summed E-state index contributed by atoms with van der Waals surface area (Å²) in [6.07, 6.45) is 4.61. The average Bonchev–Trinajstić information content (AvgIpc) is 2.58. The third-order valence-corrected chi connectivity index (χ3v) is 3.99. The van der Waals surface area contributed by atoms with E-state index in [2.05, 4.69) is 16.3 Å². The quantitative estimate of drug-likeness (QED) is 0.560. The molecule has 0 unspecified atom stereocenters. The molecule has 0 saturated carbocycles. The van der Waals surface area contributed by atoms with Crippen molar-refractivity contribution in [2.24, 2.45) is 0 Å². The highest BCUT2D eigenvalue weighted by Gasteiger charge is 2.09. The van der Waals surface area contributed by atoms with Crippen molar-refractivity contribution in [3.05, 3.63) is 29.8 Å². The van der Waals surface area contributed by atoms with Gasteiger partial charge in [-0.15, -0.1) is 0 Å². The van der Waals surface area contributed by atoms with Gasteiger partial charge in [-0.25, -0.2) is 0 Å². The number of carbonyl (C=O) groups excluding carboxylic acids is 2. The predicted molar refractivity (Wildman–Crippen MR) is 90.6 cm³/mol. The van der Waals surface area contributed by atoms with E-state index in [1.807, 2.05) is 18.2 Å². The Kier molecular flexibility index (Phi) is 7.77. The minimum absolute atomic E-state index is 0.110. The number of morpholine rings is 1. The molecule has 23 heavy (non-hydrogen) atoms. The number of hydrogen-bond acceptors (Lipinski definition) is 4. The lowest BCUT2D eigenvalue weighted by atomic mass is 10.1. The first-order valence-electron chi connectivity index (χ1n) is 8.40. The van der Waals surface area contributed by atoms with Gasteiger partial charge in [0.25, 0.3) is 0 Å². The van der Waals surface area contributed by atoms with Gasteiger partial charge in [0, 0.05) is 31.6 Å². The zero-order chi connectivity index (χ0) is 16.3. The van der Waals surface area contributed by atoms with E-state index in [1.165, 1.54) is 12.0 Å². The average molecular weight is 318 g/mol. The van der Waals surface area contributed by atoms with Crippen molar-refractivity contribution in [2.75, 3.05) is 38.2 Å². The third-order valence-electron chi connectivity index (χ3n) is 3.99. The lowest BCUT2D eigenvalue weighted by molar-refractivity contribution is -0.118. The number of aryl methyl sites for hydroxylation is 1. The summed E-state index contributed by atoms with van der Waals surface area (Å²) < 4.78 is 5.35. The van der Waals surface area contributed by atoms with Crippen molar-refractivity contribution in [3.8, 4) is 0 Å². The molecule has 0 aromatic heterocycles. The van der Waals surface area contributed by atoms with Gasteiger partial charge in [0.05, 0.1) is 13.2 Å². The van der Waals surface area contributed by atoms with Gasteiger partial charge in [-0.1, -0.05) is 12.1 Å². The monoisotopic (exact) mass is 318 g/mol. The highest BCUT2D eigenvalue weighted by molar-refractivity contribution is 5.91. The second kappa shape index (κ2) is 10.1. The molecule has 0 spiro atoms. The molecule has 0 aliphatic carbocycles. The Morgan fingerprint density at radius 2 is 2.09 bits per heavy atom. The lowest BCUT2D eigenvalue weighted by Crippen LogP contribution is -2.36. The maximum Gasteiger partial charge on any atom is 0.224 e. The molecule has 126 valence electrons. The van der Waals surface area contributed by atoms with Crippen LogP contribution in [-0.2, 0) is 20.7 Å². The summed E-state index contributed by atoms with van der Waals surface area (Å²) in [5.74, 6) is -0.110. The number of nitrogens with zero attached hydrogens (tertiary/aromatic N) is 1. The van der Waals surface area contributed by atoms with Crippen LogP contribution >= 0.6 is 0 Å². The summed E-state index contributed by atoms with van der Waals surface area (Å²) in [7, 11) is 0. The SMILES string of the molecule is O=CCCC(=O)Nc1cccc(CCCCN2CCOCC2)c1. The Morgan fingerprint density at radius 3 is 2.87 bits per heavy atom. The van der Waals surface area contributed by atoms with Crippen LogP contribution < -0.4 is 5.32 Å². The normalized spacial score (nSPS) is 15.3. The van der Waals surface area contributed by atoms with Gasteiger partial charge in [-0.3, -0.25) is 9.69 Å². The summed E-state index contributed by atoms with van der Waals surface area (Å²) in [4.78, 5) is 24.4. The van der Waals surface area contributed by atoms with Crippen molar-refractivity contribution in [2.45, 2.75) is 32.1 Å². The fourth-order valence-corrected chi connectivity index (χ4v) is 2.71. The molecule has 5 nitrogen and oxygen atoms in total. The van der Waals surface area contributed by atoms with Crippen molar-refractivity contribution in [1.82, 2.24) is 4.90 Å². The van der Waals surface area contributed by atoms with Crippen molar-refractivity contribution in [1.29, 1.82) is 0 Å². The van der Waals surface area contributed by atoms with E-state index in [4.69, 9.17) is 4.74 Å². The van der Waals surface area contributed by atoms with Crippen LogP contribution in [0.15, 0.2) is 24.3 Å². The minimum atomic E-state index is -0.110. The van der Waals surface area contributed by atoms with E-state index in [9.17, 15) is 9.59 Å². The Labute approximate surface area is 138 Å². The molecular weight excluding hydrogens is 292 g/mol. The van der Waals surface area contributed by atoms with Crippen LogP contribution in [0.4, 0.5) is 5.69 Å². The van der Waals surface area contributed by atoms with Gasteiger partial charge in [0.15, 0.2) is 0 Å². The molecule has 5 heteroatoms. The second-order valence-electron chi connectivity index (χ2n) is 5.87. The van der Waals surface area contributed by atoms with E-state index < -0.39 is 0 Å². The number of anilines is 1. The zero-order valence-corrected chi connectivity index (χ0v) is 13.6. The molecule has 1 aromatic carbocycles. The van der Waals surface area contributed by atoms with Crippen LogP contribution in [0.1, 0.15) is 31.2 Å². The summed E-state index contributed by atoms with van der Waals surface area (Å²) in [6.45, 7) is 4.92. The van der Waals surface area contributed by atoms with Crippen LogP contribution in [0.5, 0.6) is 0 Å². The van der Waals surface area contributed by atoms with Crippen LogP contribution in [0.25, 0.3) is 0 Å². The highest BCUT2D eigenvalue weighted by atomic mass is 16.5. The van der Waals surface area contributed by atoms with E-state index in [1.54, 1.807) is 0 Å². The van der Waals surface area contributed by atoms with Gasteiger partial charge in [0.2, 0.25) is 5.91 Å². The van der Waals surface area contributed by atoms with Crippen molar-refractivity contribution >= 4 is 17.9 Å². The maximum absolute atomic E-state index is 11.6. The van der Waals surface area contributed by atoms with E-state index in [0.717, 1.165) is 57.7 Å². The molecule has 0 bridgehead atoms. The Hall–Kier alpha value is -1.72. The minimum Gasteiger partial charge on any atom is -0.379 e. The zero-order valence-electron chi connectivity index (χ0n) is 13.6. The molecule has 1 aliphatic heterocycles. The van der Waals surface area contributed by atoms with E-state index >= 15 is 0 Å². The molecule has 1 aromatic rings. The molecule has 0 radical (unpaired) electrons. The summed E-state index contributed by atoms with van der Waals surface area (Å²) >= 11 is 0. The fraction of sp³-hybridized carbons (Fsp3) is 0.556. The van der Waals surface area contributed by atoms with E-state index in [-0.39, 0.29) is 18.7 Å². The largest absolute Gasteiger partial charge is 0.379 e. The van der Waals surface area contributed by atoms with Crippen LogP contribution in [-0.4, -0.2) is 49.9 Å². The predicted octanol–water partition coefficient (Wildman–Crippen LogP) is 2.26. The fourth-order valence-electron chi connectivity index (χ4n) is 2.71. The molecule has 1 fully saturated rings. The van der Waals surface area contributed by atoms with Gasteiger partial charge < -0.3 is 14.8 Å². The number of amides is 1. The first-order valence-corrected chi connectivity index (χ1v) is 8.40. The lowest BCUT2D eigenvalue weighted by Gasteiger charge is -2.26. The molecule has 0 atom stereocenters. The van der Waals surface area contributed by atoms with Crippen molar-refractivity contribution < 1.29 is 14.3 Å². The third kappa shape index (κ3) is 6.93. The van der Waals surface area contributed by atoms with Gasteiger partial charge in [0.1, 0.15) is 6.29 Å². The number of ether oxygens (including phenoxy) is 1. The number of nitrogens with one attached hydrogen (secondary N) is 1. The van der Waals surface area contributed by atoms with Gasteiger partial charge in [-0.05, 0) is 43.5 Å². The maximum atomic E-state index is 11.6. The molecule has 1 amide bonds. The summed E-state index contributed by atoms with van der Waals surface area (Å²) in [5.41, 5.74) is 2.05. The van der Waals surface area contributed by atoms with Crippen LogP contribution in [0, 0.1) is 0 Å². The molecule has 1 N–H and O–H groups in total. The molecule has 1 heterocycles. The summed E-state index contributed by atoms with van der Waals surface area (Å²) in [5, 5.41) is 2.84. The summed E-state index contributed by atoms with van der Waals surface area (Å²) in [6, 6.07) is 7.96. The molecule has 2 rings (SSSR count). The first-order chi connectivity index (χ1) is 11.3. The Bertz CT molecular complexity index is 499. The number of carbonyl (C=O) groups is 2.